The fourth-order valence-corrected chi connectivity index (χ4v) is 3.87. The number of urea groups is 1. The summed E-state index contributed by atoms with van der Waals surface area (Å²) in [6, 6.07) is 5.35. The van der Waals surface area contributed by atoms with Crippen molar-refractivity contribution in [1.82, 2.24) is 14.7 Å². The van der Waals surface area contributed by atoms with E-state index in [-0.39, 0.29) is 34.8 Å². The molecule has 0 fully saturated rings. The Kier molecular flexibility index (Phi) is 6.21. The standard InChI is InChI=1S/C14H17FN4O3S2/c1-2-6-24(21,22)9-12-17-14(23-19-12)18-13(20)16-8-10-4-3-5-11(15)7-10/h3-5,7H,2,6,8-9H2,1H3,(H2,16,17,18,19,20). The van der Waals surface area contributed by atoms with E-state index in [0.717, 1.165) is 11.5 Å². The Hall–Kier alpha value is -2.07. The maximum absolute atomic E-state index is 13.0. The van der Waals surface area contributed by atoms with E-state index < -0.39 is 15.9 Å². The summed E-state index contributed by atoms with van der Waals surface area (Å²) >= 11 is 0.903. The molecule has 0 unspecified atom stereocenters. The fourth-order valence-electron chi connectivity index (χ4n) is 1.91. The van der Waals surface area contributed by atoms with Crippen LogP contribution in [0, 0.1) is 5.82 Å². The molecule has 2 aromatic rings. The summed E-state index contributed by atoms with van der Waals surface area (Å²) in [6.07, 6.45) is 0.528. The zero-order chi connectivity index (χ0) is 17.6. The van der Waals surface area contributed by atoms with Gasteiger partial charge in [0.05, 0.1) is 5.75 Å². The average molecular weight is 372 g/mol. The Labute approximate surface area is 143 Å². The number of sulfone groups is 1. The average Bonchev–Trinajstić information content (AvgIpc) is 2.91. The van der Waals surface area contributed by atoms with Crippen LogP contribution in [0.2, 0.25) is 0 Å². The monoisotopic (exact) mass is 372 g/mol. The molecule has 2 rings (SSSR count). The van der Waals surface area contributed by atoms with Gasteiger partial charge in [0.1, 0.15) is 11.6 Å². The number of rotatable bonds is 7. The Morgan fingerprint density at radius 1 is 1.38 bits per heavy atom. The van der Waals surface area contributed by atoms with Crippen LogP contribution in [0.1, 0.15) is 24.7 Å². The SMILES string of the molecule is CCCS(=O)(=O)Cc1nsc(NC(=O)NCc2cccc(F)c2)n1. The number of carbonyl (C=O) groups excluding carboxylic acids is 1. The van der Waals surface area contributed by atoms with E-state index in [0.29, 0.717) is 12.0 Å². The van der Waals surface area contributed by atoms with Crippen LogP contribution in [0.25, 0.3) is 0 Å². The zero-order valence-electron chi connectivity index (χ0n) is 13.0. The van der Waals surface area contributed by atoms with E-state index in [9.17, 15) is 17.6 Å². The summed E-state index contributed by atoms with van der Waals surface area (Å²) in [5, 5.41) is 5.23. The summed E-state index contributed by atoms with van der Waals surface area (Å²) in [5.74, 6) is -0.391. The van der Waals surface area contributed by atoms with E-state index in [1.807, 2.05) is 0 Å². The van der Waals surface area contributed by atoms with Gasteiger partial charge >= 0.3 is 6.03 Å². The lowest BCUT2D eigenvalue weighted by Gasteiger charge is -2.05. The fraction of sp³-hybridized carbons (Fsp3) is 0.357. The molecule has 7 nitrogen and oxygen atoms in total. The molecule has 1 aromatic heterocycles. The lowest BCUT2D eigenvalue weighted by molar-refractivity contribution is 0.251. The molecule has 0 spiro atoms. The molecule has 0 saturated carbocycles. The molecule has 24 heavy (non-hydrogen) atoms. The van der Waals surface area contributed by atoms with Crippen LogP contribution < -0.4 is 10.6 Å². The van der Waals surface area contributed by atoms with Crippen molar-refractivity contribution in [2.45, 2.75) is 25.6 Å². The Morgan fingerprint density at radius 2 is 2.17 bits per heavy atom. The first kappa shape index (κ1) is 18.3. The number of aromatic nitrogens is 2. The highest BCUT2D eigenvalue weighted by Gasteiger charge is 2.15. The lowest BCUT2D eigenvalue weighted by Crippen LogP contribution is -2.28. The second-order valence-electron chi connectivity index (χ2n) is 5.05. The molecule has 0 aliphatic rings. The maximum atomic E-state index is 13.0. The van der Waals surface area contributed by atoms with Gasteiger partial charge in [-0.25, -0.2) is 22.6 Å². The Bertz CT molecular complexity index is 808. The van der Waals surface area contributed by atoms with Crippen molar-refractivity contribution in [1.29, 1.82) is 0 Å². The highest BCUT2D eigenvalue weighted by molar-refractivity contribution is 7.90. The van der Waals surface area contributed by atoms with Gasteiger partial charge in [-0.1, -0.05) is 19.1 Å². The third kappa shape index (κ3) is 5.85. The normalized spacial score (nSPS) is 11.2. The zero-order valence-corrected chi connectivity index (χ0v) is 14.6. The number of hydrogen-bond acceptors (Lipinski definition) is 6. The van der Waals surface area contributed by atoms with Crippen molar-refractivity contribution in [3.8, 4) is 0 Å². The van der Waals surface area contributed by atoms with E-state index in [1.165, 1.54) is 12.1 Å². The van der Waals surface area contributed by atoms with Gasteiger partial charge in [0.15, 0.2) is 15.7 Å². The van der Waals surface area contributed by atoms with Gasteiger partial charge in [-0.05, 0) is 24.1 Å². The number of anilines is 1. The van der Waals surface area contributed by atoms with Crippen LogP contribution in [0.15, 0.2) is 24.3 Å². The molecule has 0 bridgehead atoms. The van der Waals surface area contributed by atoms with Crippen LogP contribution in [0.4, 0.5) is 14.3 Å². The molecule has 2 amide bonds. The van der Waals surface area contributed by atoms with Crippen molar-refractivity contribution >= 4 is 32.5 Å². The number of amides is 2. The molecule has 2 N–H and O–H groups in total. The quantitative estimate of drug-likeness (QED) is 0.777. The van der Waals surface area contributed by atoms with Crippen LogP contribution in [-0.2, 0) is 22.1 Å². The number of nitrogens with one attached hydrogen (secondary N) is 2. The van der Waals surface area contributed by atoms with E-state index in [2.05, 4.69) is 20.0 Å². The van der Waals surface area contributed by atoms with Crippen LogP contribution in [-0.4, -0.2) is 29.6 Å². The molecule has 1 aromatic carbocycles. The van der Waals surface area contributed by atoms with Gasteiger partial charge in [-0.3, -0.25) is 5.32 Å². The summed E-state index contributed by atoms with van der Waals surface area (Å²) < 4.78 is 40.4. The summed E-state index contributed by atoms with van der Waals surface area (Å²) in [7, 11) is -3.23. The molecule has 0 aliphatic heterocycles. The minimum atomic E-state index is -3.23. The molecule has 1 heterocycles. The van der Waals surface area contributed by atoms with E-state index in [1.54, 1.807) is 19.1 Å². The Morgan fingerprint density at radius 3 is 2.88 bits per heavy atom. The number of benzene rings is 1. The number of carbonyl (C=O) groups is 1. The first-order valence-corrected chi connectivity index (χ1v) is 9.80. The molecular weight excluding hydrogens is 355 g/mol. The van der Waals surface area contributed by atoms with Crippen LogP contribution in [0.3, 0.4) is 0 Å². The maximum Gasteiger partial charge on any atom is 0.321 e. The first-order chi connectivity index (χ1) is 11.4. The second-order valence-corrected chi connectivity index (χ2v) is 7.98. The predicted molar refractivity (Wildman–Crippen MR) is 89.9 cm³/mol. The van der Waals surface area contributed by atoms with Gasteiger partial charge in [0.25, 0.3) is 0 Å². The summed E-state index contributed by atoms with van der Waals surface area (Å²) in [4.78, 5) is 15.8. The molecule has 130 valence electrons. The molecular formula is C14H17FN4O3S2. The highest BCUT2D eigenvalue weighted by atomic mass is 32.2. The molecule has 10 heteroatoms. The topological polar surface area (TPSA) is 101 Å². The molecule has 0 aliphatic carbocycles. The molecule has 0 atom stereocenters. The third-order valence-electron chi connectivity index (χ3n) is 2.89. The predicted octanol–water partition coefficient (Wildman–Crippen LogP) is 2.32. The van der Waals surface area contributed by atoms with Crippen LogP contribution >= 0.6 is 11.5 Å². The number of nitrogens with zero attached hydrogens (tertiary/aromatic N) is 2. The third-order valence-corrected chi connectivity index (χ3v) is 5.29. The van der Waals surface area contributed by atoms with Gasteiger partial charge in [0.2, 0.25) is 5.13 Å². The number of hydrogen-bond donors (Lipinski definition) is 2. The van der Waals surface area contributed by atoms with E-state index in [4.69, 9.17) is 0 Å². The van der Waals surface area contributed by atoms with Crippen molar-refractivity contribution in [3.05, 3.63) is 41.5 Å². The summed E-state index contributed by atoms with van der Waals surface area (Å²) in [6.45, 7) is 1.93. The van der Waals surface area contributed by atoms with Gasteiger partial charge in [0, 0.05) is 18.1 Å². The second kappa shape index (κ2) is 8.15. The van der Waals surface area contributed by atoms with E-state index >= 15 is 0 Å². The molecule has 0 saturated heterocycles. The minimum Gasteiger partial charge on any atom is -0.334 e. The van der Waals surface area contributed by atoms with Gasteiger partial charge in [-0.15, -0.1) is 0 Å². The Balaban J connectivity index is 1.86. The van der Waals surface area contributed by atoms with Gasteiger partial charge in [-0.2, -0.15) is 4.37 Å². The van der Waals surface area contributed by atoms with Crippen molar-refractivity contribution in [2.75, 3.05) is 11.1 Å². The van der Waals surface area contributed by atoms with Crippen molar-refractivity contribution < 1.29 is 17.6 Å². The smallest absolute Gasteiger partial charge is 0.321 e. The summed E-state index contributed by atoms with van der Waals surface area (Å²) in [5.41, 5.74) is 0.619. The highest BCUT2D eigenvalue weighted by Crippen LogP contribution is 2.13. The van der Waals surface area contributed by atoms with Crippen molar-refractivity contribution in [3.63, 3.8) is 0 Å². The lowest BCUT2D eigenvalue weighted by atomic mass is 10.2. The minimum absolute atomic E-state index is 0.0725. The largest absolute Gasteiger partial charge is 0.334 e. The number of halogens is 1. The molecule has 0 radical (unpaired) electrons. The van der Waals surface area contributed by atoms with Crippen LogP contribution in [0.5, 0.6) is 0 Å². The van der Waals surface area contributed by atoms with Gasteiger partial charge < -0.3 is 5.32 Å². The van der Waals surface area contributed by atoms with Crippen molar-refractivity contribution in [2.24, 2.45) is 0 Å². The first-order valence-electron chi connectivity index (χ1n) is 7.20.